The first kappa shape index (κ1) is 2.80. The molecule has 1 aliphatic heterocycles. The van der Waals surface area contributed by atoms with Gasteiger partial charge in [-0.15, -0.1) is 0 Å². The number of rotatable bonds is 0. The second kappa shape index (κ2) is 1.14. The average molecular weight is 130 g/mol. The summed E-state index contributed by atoms with van der Waals surface area (Å²) >= 11 is 0.486. The van der Waals surface area contributed by atoms with Gasteiger partial charge in [-0.1, -0.05) is 0 Å². The van der Waals surface area contributed by atoms with Crippen LogP contribution in [0.1, 0.15) is 0 Å². The van der Waals surface area contributed by atoms with E-state index in [4.69, 9.17) is 0 Å². The van der Waals surface area contributed by atoms with Gasteiger partial charge in [0.05, 0.1) is 0 Å². The van der Waals surface area contributed by atoms with Crippen molar-refractivity contribution in [3.63, 3.8) is 0 Å². The maximum atomic E-state index is 2.29. The minimum atomic E-state index is 0.486. The van der Waals surface area contributed by atoms with Gasteiger partial charge in [0.2, 0.25) is 0 Å². The van der Waals surface area contributed by atoms with E-state index in [1.54, 1.807) is 6.75 Å². The van der Waals surface area contributed by atoms with Crippen LogP contribution in [0.15, 0.2) is 10.7 Å². The van der Waals surface area contributed by atoms with Crippen molar-refractivity contribution in [2.24, 2.45) is 0 Å². The Morgan fingerprint density at radius 1 is 1.75 bits per heavy atom. The first-order valence-electron chi connectivity index (χ1n) is 1.10. The average Bonchev–Trinajstić information content (AvgIpc) is 0.722. The second-order valence-electron chi connectivity index (χ2n) is 0.574. The third-order valence-electron chi connectivity index (χ3n) is 0.298. The Balaban J connectivity index is 2.67. The van der Waals surface area contributed by atoms with E-state index in [1.807, 2.05) is 0 Å². The molecule has 1 radical (unpaired) electrons. The topological polar surface area (TPSA) is 0 Å². The summed E-state index contributed by atoms with van der Waals surface area (Å²) in [5.41, 5.74) is 0. The van der Waals surface area contributed by atoms with Crippen molar-refractivity contribution in [3.8, 4) is 0 Å². The van der Waals surface area contributed by atoms with Crippen LogP contribution in [0, 0.1) is 0 Å². The first-order chi connectivity index (χ1) is 2.00. The fourth-order valence-electron chi connectivity index (χ4n) is 0.0745. The Morgan fingerprint density at radius 2 is 2.00 bits per heavy atom. The Labute approximate surface area is 32.6 Å². The predicted molar refractivity (Wildman–Crippen MR) is 21.8 cm³/mol. The fourth-order valence-corrected chi connectivity index (χ4v) is 1.16. The summed E-state index contributed by atoms with van der Waals surface area (Å²) in [5, 5.41) is 0. The van der Waals surface area contributed by atoms with E-state index in [2.05, 4.69) is 10.7 Å². The van der Waals surface area contributed by atoms with E-state index < -0.39 is 0 Å². The Morgan fingerprint density at radius 3 is 2.00 bits per heavy atom. The normalized spacial score (nSPS) is 20.0. The summed E-state index contributed by atoms with van der Waals surface area (Å²) < 4.78 is 0. The number of hydrogen-bond acceptors (Lipinski definition) is 0. The maximum absolute atomic E-state index is 2.29. The van der Waals surface area contributed by atoms with Gasteiger partial charge in [-0.3, -0.25) is 0 Å². The van der Waals surface area contributed by atoms with Crippen LogP contribution in [0.4, 0.5) is 0 Å². The molecule has 0 unspecified atom stereocenters. The molecule has 4 heavy (non-hydrogen) atoms. The van der Waals surface area contributed by atoms with Gasteiger partial charge in [0.1, 0.15) is 0 Å². The Bertz CT molecular complexity index is 46.4. The molecule has 0 aromatic rings. The van der Waals surface area contributed by atoms with Gasteiger partial charge in [0, 0.05) is 0 Å². The van der Waals surface area contributed by atoms with E-state index in [-0.39, 0.29) is 0 Å². The van der Waals surface area contributed by atoms with Crippen molar-refractivity contribution in [2.45, 2.75) is 0 Å². The van der Waals surface area contributed by atoms with E-state index in [1.165, 1.54) is 0 Å². The molecular formula is C2H2GeP. The van der Waals surface area contributed by atoms with Gasteiger partial charge in [-0.05, 0) is 0 Å². The van der Waals surface area contributed by atoms with Crippen molar-refractivity contribution < 1.29 is 0 Å². The molecule has 1 rings (SSSR count). The molecule has 0 atom stereocenters. The van der Waals surface area contributed by atoms with Gasteiger partial charge in [0.25, 0.3) is 0 Å². The SMILES string of the molecule is C1=[CH][Ge]=[P]1. The molecule has 0 N–H and O–H groups in total. The zero-order valence-corrected chi connectivity index (χ0v) is 5.09. The van der Waals surface area contributed by atoms with Crippen LogP contribution in [0.2, 0.25) is 0 Å². The molecule has 1 aliphatic rings. The molecular weight excluding hydrogens is 128 g/mol. The summed E-state index contributed by atoms with van der Waals surface area (Å²) in [6.45, 7) is 1.62. The molecule has 1 heterocycles. The van der Waals surface area contributed by atoms with E-state index >= 15 is 0 Å². The van der Waals surface area contributed by atoms with Crippen molar-refractivity contribution in [3.05, 3.63) is 10.7 Å². The molecule has 0 amide bonds. The quantitative estimate of drug-likeness (QED) is 0.339. The van der Waals surface area contributed by atoms with Gasteiger partial charge < -0.3 is 0 Å². The van der Waals surface area contributed by atoms with Crippen molar-refractivity contribution in [1.82, 2.24) is 0 Å². The van der Waals surface area contributed by atoms with Crippen molar-refractivity contribution in [1.29, 1.82) is 0 Å². The van der Waals surface area contributed by atoms with Gasteiger partial charge in [0.15, 0.2) is 0 Å². The molecule has 0 nitrogen and oxygen atoms in total. The van der Waals surface area contributed by atoms with Crippen LogP contribution < -0.4 is 0 Å². The molecule has 2 heteroatoms. The third kappa shape index (κ3) is 0.308. The standard InChI is InChI=1S/C2H2GeP/c1-2-4-3-1/h1-2H. The Kier molecular flexibility index (Phi) is 0.797. The van der Waals surface area contributed by atoms with Crippen LogP contribution in [0.3, 0.4) is 0 Å². The van der Waals surface area contributed by atoms with E-state index in [0.29, 0.717) is 14.5 Å². The third-order valence-corrected chi connectivity index (χ3v) is 4.65. The van der Waals surface area contributed by atoms with Crippen LogP contribution in [0.25, 0.3) is 0 Å². The number of hydrogen-bond donors (Lipinski definition) is 0. The predicted octanol–water partition coefficient (Wildman–Crippen LogP) is 1.04. The summed E-state index contributed by atoms with van der Waals surface area (Å²) in [5.74, 6) is 2.21. The molecule has 0 fully saturated rings. The van der Waals surface area contributed by atoms with Gasteiger partial charge >= 0.3 is 32.0 Å². The molecule has 0 aliphatic carbocycles. The fraction of sp³-hybridized carbons (Fsp3) is 0. The molecule has 0 saturated heterocycles. The van der Waals surface area contributed by atoms with Crippen molar-refractivity contribution >= 4 is 21.3 Å². The Hall–Kier alpha value is 0.583. The zero-order valence-electron chi connectivity index (χ0n) is 2.10. The van der Waals surface area contributed by atoms with Crippen LogP contribution >= 0.6 is 6.75 Å². The van der Waals surface area contributed by atoms with Gasteiger partial charge in [-0.2, -0.15) is 0 Å². The van der Waals surface area contributed by atoms with Gasteiger partial charge in [-0.25, -0.2) is 0 Å². The summed E-state index contributed by atoms with van der Waals surface area (Å²) in [6.07, 6.45) is 0. The first-order valence-corrected chi connectivity index (χ1v) is 6.09. The molecule has 0 aromatic heterocycles. The van der Waals surface area contributed by atoms with E-state index in [9.17, 15) is 0 Å². The second-order valence-corrected chi connectivity index (χ2v) is 5.34. The summed E-state index contributed by atoms with van der Waals surface area (Å²) in [4.78, 5) is 2.29. The molecule has 0 saturated carbocycles. The molecule has 0 spiro atoms. The minimum absolute atomic E-state index is 0.486. The zero-order chi connectivity index (χ0) is 2.83. The van der Waals surface area contributed by atoms with Crippen LogP contribution in [-0.2, 0) is 0 Å². The van der Waals surface area contributed by atoms with Crippen molar-refractivity contribution in [2.75, 3.05) is 0 Å². The van der Waals surface area contributed by atoms with E-state index in [0.717, 1.165) is 0 Å². The summed E-state index contributed by atoms with van der Waals surface area (Å²) in [7, 11) is 0. The monoisotopic (exact) mass is 131 g/mol. The van der Waals surface area contributed by atoms with Crippen LogP contribution in [0.5, 0.6) is 0 Å². The summed E-state index contributed by atoms with van der Waals surface area (Å²) in [6, 6.07) is 0. The van der Waals surface area contributed by atoms with Crippen LogP contribution in [-0.4, -0.2) is 14.5 Å². The molecule has 0 aromatic carbocycles. The molecule has 0 bridgehead atoms. The molecule has 19 valence electrons.